The van der Waals surface area contributed by atoms with E-state index in [4.69, 9.17) is 0 Å². The maximum Gasteiger partial charge on any atom is 0.219 e. The monoisotopic (exact) mass is 226 g/mol. The Balaban J connectivity index is 2.43. The summed E-state index contributed by atoms with van der Waals surface area (Å²) < 4.78 is 0. The van der Waals surface area contributed by atoms with Gasteiger partial charge in [-0.15, -0.1) is 0 Å². The van der Waals surface area contributed by atoms with Gasteiger partial charge in [-0.05, 0) is 12.3 Å². The molecule has 16 heavy (non-hydrogen) atoms. The van der Waals surface area contributed by atoms with Crippen molar-refractivity contribution in [1.82, 2.24) is 10.2 Å². The number of unbranched alkanes of at least 4 members (excludes halogenated alkanes) is 2. The quantitative estimate of drug-likeness (QED) is 0.727. The third-order valence-electron chi connectivity index (χ3n) is 3.61. The molecule has 1 fully saturated rings. The van der Waals surface area contributed by atoms with Crippen molar-refractivity contribution in [1.29, 1.82) is 0 Å². The van der Waals surface area contributed by atoms with Crippen LogP contribution < -0.4 is 5.32 Å². The summed E-state index contributed by atoms with van der Waals surface area (Å²) >= 11 is 0. The average Bonchev–Trinajstić information content (AvgIpc) is 2.29. The molecule has 94 valence electrons. The highest BCUT2D eigenvalue weighted by Gasteiger charge is 2.28. The summed E-state index contributed by atoms with van der Waals surface area (Å²) in [6.45, 7) is 8.98. The molecule has 0 saturated carbocycles. The lowest BCUT2D eigenvalue weighted by Gasteiger charge is -2.39. The SMILES string of the molecule is CCCCCC(C)C1CNCCN1C(C)=O. The van der Waals surface area contributed by atoms with E-state index in [2.05, 4.69) is 19.2 Å². The van der Waals surface area contributed by atoms with Gasteiger partial charge in [0.05, 0.1) is 0 Å². The molecule has 1 aliphatic rings. The van der Waals surface area contributed by atoms with Crippen molar-refractivity contribution >= 4 is 5.91 Å². The van der Waals surface area contributed by atoms with E-state index in [1.807, 2.05) is 4.90 Å². The van der Waals surface area contributed by atoms with Crippen LogP contribution in [0, 0.1) is 5.92 Å². The molecule has 1 heterocycles. The molecular weight excluding hydrogens is 200 g/mol. The Hall–Kier alpha value is -0.570. The van der Waals surface area contributed by atoms with Crippen molar-refractivity contribution in [3.8, 4) is 0 Å². The lowest BCUT2D eigenvalue weighted by atomic mass is 9.93. The Morgan fingerprint density at radius 1 is 1.50 bits per heavy atom. The molecular formula is C13H26N2O. The lowest BCUT2D eigenvalue weighted by molar-refractivity contribution is -0.133. The highest BCUT2D eigenvalue weighted by atomic mass is 16.2. The highest BCUT2D eigenvalue weighted by Crippen LogP contribution is 2.19. The molecule has 1 amide bonds. The zero-order valence-corrected chi connectivity index (χ0v) is 11.0. The van der Waals surface area contributed by atoms with Gasteiger partial charge in [0.1, 0.15) is 0 Å². The third kappa shape index (κ3) is 3.78. The maximum atomic E-state index is 11.5. The average molecular weight is 226 g/mol. The van der Waals surface area contributed by atoms with Crippen LogP contribution in [-0.4, -0.2) is 36.5 Å². The van der Waals surface area contributed by atoms with Crippen molar-refractivity contribution in [2.45, 2.75) is 52.5 Å². The molecule has 1 saturated heterocycles. The maximum absolute atomic E-state index is 11.5. The van der Waals surface area contributed by atoms with Gasteiger partial charge in [0.25, 0.3) is 0 Å². The van der Waals surface area contributed by atoms with Crippen molar-refractivity contribution < 1.29 is 4.79 Å². The van der Waals surface area contributed by atoms with E-state index in [0.29, 0.717) is 12.0 Å². The minimum atomic E-state index is 0.230. The van der Waals surface area contributed by atoms with Gasteiger partial charge < -0.3 is 10.2 Å². The van der Waals surface area contributed by atoms with E-state index in [1.54, 1.807) is 6.92 Å². The Kier molecular flexibility index (Phi) is 5.81. The van der Waals surface area contributed by atoms with Crippen molar-refractivity contribution in [3.63, 3.8) is 0 Å². The first kappa shape index (κ1) is 13.5. The number of hydrogen-bond acceptors (Lipinski definition) is 2. The molecule has 1 rings (SSSR count). The molecule has 2 unspecified atom stereocenters. The summed E-state index contributed by atoms with van der Waals surface area (Å²) in [6.07, 6.45) is 5.11. The van der Waals surface area contributed by atoms with Gasteiger partial charge >= 0.3 is 0 Å². The van der Waals surface area contributed by atoms with E-state index in [1.165, 1.54) is 25.7 Å². The third-order valence-corrected chi connectivity index (χ3v) is 3.61. The first-order valence-corrected chi connectivity index (χ1v) is 6.64. The van der Waals surface area contributed by atoms with Gasteiger partial charge in [0.15, 0.2) is 0 Å². The number of piperazine rings is 1. The van der Waals surface area contributed by atoms with E-state index in [0.717, 1.165) is 19.6 Å². The second-order valence-corrected chi connectivity index (χ2v) is 4.96. The van der Waals surface area contributed by atoms with Gasteiger partial charge in [-0.3, -0.25) is 4.79 Å². The second kappa shape index (κ2) is 6.89. The standard InChI is InChI=1S/C13H26N2O/c1-4-5-6-7-11(2)13-10-14-8-9-15(13)12(3)16/h11,13-14H,4-10H2,1-3H3. The van der Waals surface area contributed by atoms with Crippen LogP contribution in [-0.2, 0) is 4.79 Å². The molecule has 2 atom stereocenters. The van der Waals surface area contributed by atoms with E-state index in [9.17, 15) is 4.79 Å². The predicted molar refractivity (Wildman–Crippen MR) is 67.4 cm³/mol. The second-order valence-electron chi connectivity index (χ2n) is 4.96. The number of nitrogens with zero attached hydrogens (tertiary/aromatic N) is 1. The number of amides is 1. The van der Waals surface area contributed by atoms with Crippen LogP contribution in [0.3, 0.4) is 0 Å². The fraction of sp³-hybridized carbons (Fsp3) is 0.923. The molecule has 0 spiro atoms. The molecule has 1 N–H and O–H groups in total. The topological polar surface area (TPSA) is 32.3 Å². The first-order chi connectivity index (χ1) is 7.66. The molecule has 0 aromatic carbocycles. The smallest absolute Gasteiger partial charge is 0.219 e. The zero-order chi connectivity index (χ0) is 12.0. The molecule has 3 nitrogen and oxygen atoms in total. The molecule has 0 bridgehead atoms. The minimum Gasteiger partial charge on any atom is -0.337 e. The number of hydrogen-bond donors (Lipinski definition) is 1. The van der Waals surface area contributed by atoms with Crippen LogP contribution in [0.5, 0.6) is 0 Å². The van der Waals surface area contributed by atoms with E-state index < -0.39 is 0 Å². The fourth-order valence-electron chi connectivity index (χ4n) is 2.53. The van der Waals surface area contributed by atoms with Gasteiger partial charge in [-0.25, -0.2) is 0 Å². The number of nitrogens with one attached hydrogen (secondary N) is 1. The summed E-state index contributed by atoms with van der Waals surface area (Å²) in [5.74, 6) is 0.845. The van der Waals surface area contributed by atoms with E-state index in [-0.39, 0.29) is 5.91 Å². The summed E-state index contributed by atoms with van der Waals surface area (Å²) in [5.41, 5.74) is 0. The summed E-state index contributed by atoms with van der Waals surface area (Å²) in [7, 11) is 0. The van der Waals surface area contributed by atoms with Crippen molar-refractivity contribution in [2.75, 3.05) is 19.6 Å². The predicted octanol–water partition coefficient (Wildman–Crippen LogP) is 2.02. The largest absolute Gasteiger partial charge is 0.337 e. The van der Waals surface area contributed by atoms with Crippen LogP contribution in [0.2, 0.25) is 0 Å². The summed E-state index contributed by atoms with van der Waals surface area (Å²) in [6, 6.07) is 0.406. The van der Waals surface area contributed by atoms with Gasteiger partial charge in [-0.2, -0.15) is 0 Å². The highest BCUT2D eigenvalue weighted by molar-refractivity contribution is 5.73. The van der Waals surface area contributed by atoms with Crippen molar-refractivity contribution in [3.05, 3.63) is 0 Å². The Labute approximate surface area is 99.6 Å². The molecule has 0 radical (unpaired) electrons. The van der Waals surface area contributed by atoms with Gasteiger partial charge in [0, 0.05) is 32.6 Å². The van der Waals surface area contributed by atoms with Crippen LogP contribution in [0.1, 0.15) is 46.5 Å². The fourth-order valence-corrected chi connectivity index (χ4v) is 2.53. The van der Waals surface area contributed by atoms with Gasteiger partial charge in [-0.1, -0.05) is 33.1 Å². The summed E-state index contributed by atoms with van der Waals surface area (Å²) in [5, 5.41) is 3.40. The first-order valence-electron chi connectivity index (χ1n) is 6.64. The number of rotatable bonds is 5. The van der Waals surface area contributed by atoms with Crippen LogP contribution in [0.4, 0.5) is 0 Å². The number of carbonyl (C=O) groups excluding carboxylic acids is 1. The summed E-state index contributed by atoms with van der Waals surface area (Å²) in [4.78, 5) is 13.6. The molecule has 0 aromatic heterocycles. The lowest BCUT2D eigenvalue weighted by Crippen LogP contribution is -2.55. The van der Waals surface area contributed by atoms with Crippen LogP contribution in [0.15, 0.2) is 0 Å². The Morgan fingerprint density at radius 2 is 2.25 bits per heavy atom. The molecule has 0 aromatic rings. The van der Waals surface area contributed by atoms with Crippen LogP contribution >= 0.6 is 0 Å². The zero-order valence-electron chi connectivity index (χ0n) is 11.0. The molecule has 0 aliphatic carbocycles. The van der Waals surface area contributed by atoms with Gasteiger partial charge in [0.2, 0.25) is 5.91 Å². The normalized spacial score (nSPS) is 23.2. The molecule has 1 aliphatic heterocycles. The molecule has 3 heteroatoms. The number of carbonyl (C=O) groups is 1. The van der Waals surface area contributed by atoms with Crippen LogP contribution in [0.25, 0.3) is 0 Å². The van der Waals surface area contributed by atoms with E-state index >= 15 is 0 Å². The Morgan fingerprint density at radius 3 is 2.88 bits per heavy atom. The van der Waals surface area contributed by atoms with Crippen molar-refractivity contribution in [2.24, 2.45) is 5.92 Å². The minimum absolute atomic E-state index is 0.230. The Bertz CT molecular complexity index is 218.